The Morgan fingerprint density at radius 2 is 1.89 bits per heavy atom. The lowest BCUT2D eigenvalue weighted by Gasteiger charge is -2.41. The maximum absolute atomic E-state index is 12.8. The summed E-state index contributed by atoms with van der Waals surface area (Å²) in [6, 6.07) is 4.82. The molecular formula is C17H23F3N2O4S. The monoisotopic (exact) mass is 408 g/mol. The van der Waals surface area contributed by atoms with Gasteiger partial charge in [0.2, 0.25) is 10.0 Å². The van der Waals surface area contributed by atoms with Gasteiger partial charge in [0.25, 0.3) is 0 Å². The number of alkyl halides is 3. The van der Waals surface area contributed by atoms with E-state index in [1.165, 1.54) is 16.4 Å². The van der Waals surface area contributed by atoms with Crippen LogP contribution in [0.3, 0.4) is 0 Å². The van der Waals surface area contributed by atoms with Gasteiger partial charge in [0, 0.05) is 38.3 Å². The van der Waals surface area contributed by atoms with Gasteiger partial charge in [-0.25, -0.2) is 8.42 Å². The lowest BCUT2D eigenvalue weighted by molar-refractivity contribution is -0.274. The molecule has 1 atom stereocenters. The average Bonchev–Trinajstić information content (AvgIpc) is 2.61. The number of benzene rings is 1. The van der Waals surface area contributed by atoms with Gasteiger partial charge in [0.05, 0.1) is 17.6 Å². The van der Waals surface area contributed by atoms with Crippen LogP contribution in [0.25, 0.3) is 0 Å². The summed E-state index contributed by atoms with van der Waals surface area (Å²) in [5, 5.41) is 0. The zero-order chi connectivity index (χ0) is 19.7. The summed E-state index contributed by atoms with van der Waals surface area (Å²) in [5.41, 5.74) is 0. The molecule has 1 unspecified atom stereocenters. The molecule has 3 rings (SSSR count). The topological polar surface area (TPSA) is 59.1 Å². The van der Waals surface area contributed by atoms with E-state index in [0.29, 0.717) is 38.6 Å². The van der Waals surface area contributed by atoms with Crippen molar-refractivity contribution in [3.05, 3.63) is 24.3 Å². The molecule has 152 valence electrons. The number of piperidine rings is 1. The molecule has 2 aliphatic rings. The molecule has 2 saturated heterocycles. The molecule has 2 heterocycles. The van der Waals surface area contributed by atoms with Crippen LogP contribution in [0.1, 0.15) is 19.8 Å². The highest BCUT2D eigenvalue weighted by Gasteiger charge is 2.34. The molecule has 0 amide bonds. The summed E-state index contributed by atoms with van der Waals surface area (Å²) < 4.78 is 73.4. The first kappa shape index (κ1) is 20.4. The summed E-state index contributed by atoms with van der Waals surface area (Å²) in [7, 11) is -3.86. The van der Waals surface area contributed by atoms with E-state index in [1.807, 2.05) is 6.92 Å². The molecule has 0 spiro atoms. The van der Waals surface area contributed by atoms with Gasteiger partial charge < -0.3 is 9.47 Å². The third kappa shape index (κ3) is 5.13. The first-order valence-corrected chi connectivity index (χ1v) is 10.3. The number of rotatable bonds is 4. The molecule has 0 saturated carbocycles. The van der Waals surface area contributed by atoms with Crippen LogP contribution in [-0.4, -0.2) is 68.9 Å². The number of hydrogen-bond donors (Lipinski definition) is 0. The molecule has 1 aromatic rings. The fourth-order valence-corrected chi connectivity index (χ4v) is 5.11. The molecule has 6 nitrogen and oxygen atoms in total. The van der Waals surface area contributed by atoms with Crippen LogP contribution in [0, 0.1) is 0 Å². The maximum Gasteiger partial charge on any atom is 0.573 e. The fraction of sp³-hybridized carbons (Fsp3) is 0.647. The maximum atomic E-state index is 12.8. The minimum atomic E-state index is -4.87. The molecule has 10 heteroatoms. The van der Waals surface area contributed by atoms with Crippen molar-refractivity contribution in [3.8, 4) is 5.75 Å². The van der Waals surface area contributed by atoms with E-state index >= 15 is 0 Å². The van der Waals surface area contributed by atoms with Crippen molar-refractivity contribution in [2.24, 2.45) is 0 Å². The molecule has 0 N–H and O–H groups in total. The van der Waals surface area contributed by atoms with Gasteiger partial charge in [0.15, 0.2) is 0 Å². The summed E-state index contributed by atoms with van der Waals surface area (Å²) in [6.45, 7) is 5.02. The number of morpholine rings is 1. The third-order valence-electron chi connectivity index (χ3n) is 4.89. The summed E-state index contributed by atoms with van der Waals surface area (Å²) in [4.78, 5) is 2.14. The predicted molar refractivity (Wildman–Crippen MR) is 91.9 cm³/mol. The Bertz CT molecular complexity index is 749. The van der Waals surface area contributed by atoms with Gasteiger partial charge in [-0.2, -0.15) is 4.31 Å². The number of halogens is 3. The van der Waals surface area contributed by atoms with E-state index in [2.05, 4.69) is 9.64 Å². The van der Waals surface area contributed by atoms with Crippen LogP contribution in [0.2, 0.25) is 0 Å². The molecule has 0 aliphatic carbocycles. The molecule has 27 heavy (non-hydrogen) atoms. The van der Waals surface area contributed by atoms with Crippen LogP contribution in [0.15, 0.2) is 29.2 Å². The van der Waals surface area contributed by atoms with Gasteiger partial charge >= 0.3 is 6.36 Å². The number of nitrogens with zero attached hydrogens (tertiary/aromatic N) is 2. The summed E-state index contributed by atoms with van der Waals surface area (Å²) >= 11 is 0. The summed E-state index contributed by atoms with van der Waals surface area (Å²) in [6.07, 6.45) is -3.33. The lowest BCUT2D eigenvalue weighted by Crippen LogP contribution is -2.51. The van der Waals surface area contributed by atoms with Crippen LogP contribution >= 0.6 is 0 Å². The van der Waals surface area contributed by atoms with Crippen LogP contribution in [0.4, 0.5) is 13.2 Å². The molecule has 0 bridgehead atoms. The molecule has 0 aromatic heterocycles. The molecule has 0 radical (unpaired) electrons. The van der Waals surface area contributed by atoms with Crippen molar-refractivity contribution >= 4 is 10.0 Å². The van der Waals surface area contributed by atoms with Crippen molar-refractivity contribution in [3.63, 3.8) is 0 Å². The average molecular weight is 408 g/mol. The van der Waals surface area contributed by atoms with Gasteiger partial charge in [-0.1, -0.05) is 6.07 Å². The van der Waals surface area contributed by atoms with E-state index in [1.54, 1.807) is 0 Å². The van der Waals surface area contributed by atoms with E-state index in [9.17, 15) is 21.6 Å². The highest BCUT2D eigenvalue weighted by Crippen LogP contribution is 2.28. The SMILES string of the molecule is CC1CN(C2CCN(S(=O)(=O)c3cccc(OC(F)(F)F)c3)CC2)CCO1. The smallest absolute Gasteiger partial charge is 0.406 e. The second-order valence-electron chi connectivity index (χ2n) is 6.83. The van der Waals surface area contributed by atoms with Crippen molar-refractivity contribution in [2.75, 3.05) is 32.8 Å². The second-order valence-corrected chi connectivity index (χ2v) is 8.77. The Balaban J connectivity index is 1.65. The largest absolute Gasteiger partial charge is 0.573 e. The van der Waals surface area contributed by atoms with Crippen LogP contribution in [-0.2, 0) is 14.8 Å². The Morgan fingerprint density at radius 3 is 2.52 bits per heavy atom. The van der Waals surface area contributed by atoms with Crippen molar-refractivity contribution in [1.29, 1.82) is 0 Å². The molecule has 1 aromatic carbocycles. The molecular weight excluding hydrogens is 385 g/mol. The van der Waals surface area contributed by atoms with E-state index in [-0.39, 0.29) is 11.0 Å². The first-order valence-electron chi connectivity index (χ1n) is 8.87. The number of hydrogen-bond acceptors (Lipinski definition) is 5. The normalized spacial score (nSPS) is 24.1. The fourth-order valence-electron chi connectivity index (χ4n) is 3.61. The molecule has 2 aliphatic heterocycles. The minimum Gasteiger partial charge on any atom is -0.406 e. The van der Waals surface area contributed by atoms with E-state index in [4.69, 9.17) is 4.74 Å². The van der Waals surface area contributed by atoms with Crippen molar-refractivity contribution < 1.29 is 31.1 Å². The Labute approximate surface area is 156 Å². The van der Waals surface area contributed by atoms with Crippen LogP contribution in [0.5, 0.6) is 5.75 Å². The Morgan fingerprint density at radius 1 is 1.19 bits per heavy atom. The van der Waals surface area contributed by atoms with Crippen molar-refractivity contribution in [1.82, 2.24) is 9.21 Å². The third-order valence-corrected chi connectivity index (χ3v) is 6.78. The number of ether oxygens (including phenoxy) is 2. The van der Waals surface area contributed by atoms with Gasteiger partial charge in [-0.05, 0) is 31.9 Å². The van der Waals surface area contributed by atoms with Gasteiger partial charge in [0.1, 0.15) is 5.75 Å². The number of sulfonamides is 1. The van der Waals surface area contributed by atoms with Crippen molar-refractivity contribution in [2.45, 2.75) is 43.2 Å². The van der Waals surface area contributed by atoms with E-state index in [0.717, 1.165) is 25.2 Å². The highest BCUT2D eigenvalue weighted by molar-refractivity contribution is 7.89. The Hall–Kier alpha value is -1.36. The standard InChI is InChI=1S/C17H23F3N2O4S/c1-13-12-21(9-10-25-13)14-5-7-22(8-6-14)27(23,24)16-4-2-3-15(11-16)26-17(18,19)20/h2-4,11,13-14H,5-10,12H2,1H3. The Kier molecular flexibility index (Phi) is 5.99. The zero-order valence-corrected chi connectivity index (χ0v) is 15.8. The van der Waals surface area contributed by atoms with Crippen LogP contribution < -0.4 is 4.74 Å². The molecule has 2 fully saturated rings. The second kappa shape index (κ2) is 7.94. The zero-order valence-electron chi connectivity index (χ0n) is 15.0. The highest BCUT2D eigenvalue weighted by atomic mass is 32.2. The lowest BCUT2D eigenvalue weighted by atomic mass is 10.0. The predicted octanol–water partition coefficient (Wildman–Crippen LogP) is 2.46. The van der Waals surface area contributed by atoms with Gasteiger partial charge in [-0.3, -0.25) is 4.90 Å². The minimum absolute atomic E-state index is 0.164. The van der Waals surface area contributed by atoms with E-state index < -0.39 is 22.1 Å². The first-order chi connectivity index (χ1) is 12.6. The van der Waals surface area contributed by atoms with Gasteiger partial charge in [-0.15, -0.1) is 13.2 Å². The summed E-state index contributed by atoms with van der Waals surface area (Å²) in [5.74, 6) is -0.541. The quantitative estimate of drug-likeness (QED) is 0.766.